The maximum Gasteiger partial charge on any atom is 0.153 e. The van der Waals surface area contributed by atoms with E-state index in [9.17, 15) is 5.11 Å². The van der Waals surface area contributed by atoms with Gasteiger partial charge in [-0.2, -0.15) is 0 Å². The maximum absolute atomic E-state index is 10.2. The molecule has 18 heavy (non-hydrogen) atoms. The van der Waals surface area contributed by atoms with Gasteiger partial charge in [-0.05, 0) is 19.1 Å². The summed E-state index contributed by atoms with van der Waals surface area (Å²) in [7, 11) is 0. The predicted octanol–water partition coefficient (Wildman–Crippen LogP) is 3.93. The van der Waals surface area contributed by atoms with Crippen LogP contribution in [0.4, 0.5) is 0 Å². The fraction of sp³-hybridized carbons (Fsp3) is 0.154. The summed E-state index contributed by atoms with van der Waals surface area (Å²) in [5.74, 6) is 0.488. The van der Waals surface area contributed by atoms with Gasteiger partial charge in [-0.25, -0.2) is 4.98 Å². The topological polar surface area (TPSA) is 46.3 Å². The van der Waals surface area contributed by atoms with Crippen molar-refractivity contribution in [3.05, 3.63) is 51.1 Å². The highest BCUT2D eigenvalue weighted by molar-refractivity contribution is 7.11. The lowest BCUT2D eigenvalue weighted by molar-refractivity contribution is 0.195. The van der Waals surface area contributed by atoms with E-state index in [2.05, 4.69) is 4.98 Å². The standard InChI is InChI=1S/C13H10ClNO2S/c1-7-15-6-11(18-7)12(16)10-5-8-3-2-4-9(14)13(8)17-10/h2-6,12,16H,1H3. The molecule has 2 aromatic heterocycles. The van der Waals surface area contributed by atoms with E-state index in [0.717, 1.165) is 15.3 Å². The quantitative estimate of drug-likeness (QED) is 0.773. The number of nitrogens with zero attached hydrogens (tertiary/aromatic N) is 1. The van der Waals surface area contributed by atoms with Gasteiger partial charge >= 0.3 is 0 Å². The van der Waals surface area contributed by atoms with E-state index in [1.807, 2.05) is 19.1 Å². The van der Waals surface area contributed by atoms with Crippen molar-refractivity contribution in [2.45, 2.75) is 13.0 Å². The lowest BCUT2D eigenvalue weighted by atomic mass is 10.2. The van der Waals surface area contributed by atoms with Gasteiger partial charge in [0.25, 0.3) is 0 Å². The molecule has 0 aliphatic carbocycles. The summed E-state index contributed by atoms with van der Waals surface area (Å²) in [5, 5.41) is 12.6. The van der Waals surface area contributed by atoms with E-state index in [1.54, 1.807) is 18.3 Å². The fourth-order valence-corrected chi connectivity index (χ4v) is 2.83. The van der Waals surface area contributed by atoms with Crippen LogP contribution in [0.2, 0.25) is 5.02 Å². The number of halogens is 1. The SMILES string of the molecule is Cc1ncc(C(O)c2cc3cccc(Cl)c3o2)s1. The molecule has 3 nitrogen and oxygen atoms in total. The Labute approximate surface area is 113 Å². The molecule has 1 aromatic carbocycles. The Balaban J connectivity index is 2.06. The van der Waals surface area contributed by atoms with Crippen molar-refractivity contribution in [2.75, 3.05) is 0 Å². The third kappa shape index (κ3) is 1.92. The van der Waals surface area contributed by atoms with Gasteiger partial charge in [0.05, 0.1) is 14.9 Å². The number of furan rings is 1. The van der Waals surface area contributed by atoms with Gasteiger partial charge in [-0.15, -0.1) is 11.3 Å². The van der Waals surface area contributed by atoms with Crippen LogP contribution in [0.15, 0.2) is 34.9 Å². The van der Waals surface area contributed by atoms with Crippen LogP contribution in [0.5, 0.6) is 0 Å². The van der Waals surface area contributed by atoms with Gasteiger partial charge in [-0.1, -0.05) is 23.7 Å². The first kappa shape index (κ1) is 11.7. The fourth-order valence-electron chi connectivity index (χ4n) is 1.83. The Morgan fingerprint density at radius 3 is 2.94 bits per heavy atom. The Hall–Kier alpha value is -1.36. The normalized spacial score (nSPS) is 13.1. The number of thiazole rings is 1. The summed E-state index contributed by atoms with van der Waals surface area (Å²) in [6.07, 6.45) is 0.874. The Morgan fingerprint density at radius 1 is 1.44 bits per heavy atom. The van der Waals surface area contributed by atoms with Crippen LogP contribution in [0.1, 0.15) is 21.7 Å². The molecule has 1 unspecified atom stereocenters. The van der Waals surface area contributed by atoms with Crippen LogP contribution in [0.3, 0.4) is 0 Å². The van der Waals surface area contributed by atoms with Crippen LogP contribution < -0.4 is 0 Å². The minimum atomic E-state index is -0.792. The Morgan fingerprint density at radius 2 is 2.28 bits per heavy atom. The summed E-state index contributed by atoms with van der Waals surface area (Å²) in [5.41, 5.74) is 0.606. The molecule has 1 N–H and O–H groups in total. The number of hydrogen-bond donors (Lipinski definition) is 1. The van der Waals surface area contributed by atoms with Crippen LogP contribution in [0.25, 0.3) is 11.0 Å². The first-order valence-corrected chi connectivity index (χ1v) is 6.63. The molecule has 3 aromatic rings. The average molecular weight is 280 g/mol. The molecule has 92 valence electrons. The number of aliphatic hydroxyl groups is 1. The lowest BCUT2D eigenvalue weighted by Gasteiger charge is -2.02. The molecule has 0 bridgehead atoms. The molecule has 5 heteroatoms. The third-order valence-corrected chi connectivity index (χ3v) is 3.96. The second kappa shape index (κ2) is 4.39. The largest absolute Gasteiger partial charge is 0.456 e. The summed E-state index contributed by atoms with van der Waals surface area (Å²) >= 11 is 7.49. The zero-order chi connectivity index (χ0) is 12.7. The number of fused-ring (bicyclic) bond motifs is 1. The second-order valence-electron chi connectivity index (χ2n) is 3.99. The van der Waals surface area contributed by atoms with E-state index in [-0.39, 0.29) is 0 Å². The van der Waals surface area contributed by atoms with E-state index < -0.39 is 6.10 Å². The van der Waals surface area contributed by atoms with Gasteiger partial charge < -0.3 is 9.52 Å². The lowest BCUT2D eigenvalue weighted by Crippen LogP contribution is -1.94. The average Bonchev–Trinajstić information content (AvgIpc) is 2.95. The molecule has 0 radical (unpaired) electrons. The second-order valence-corrected chi connectivity index (χ2v) is 5.66. The van der Waals surface area contributed by atoms with Gasteiger partial charge in [-0.3, -0.25) is 0 Å². The molecule has 0 aliphatic heterocycles. The van der Waals surface area contributed by atoms with Gasteiger partial charge in [0, 0.05) is 11.6 Å². The molecule has 3 rings (SSSR count). The molecule has 0 saturated heterocycles. The maximum atomic E-state index is 10.2. The number of aliphatic hydroxyl groups excluding tert-OH is 1. The third-order valence-electron chi connectivity index (χ3n) is 2.69. The van der Waals surface area contributed by atoms with Crippen molar-refractivity contribution in [1.29, 1.82) is 0 Å². The summed E-state index contributed by atoms with van der Waals surface area (Å²) in [6, 6.07) is 7.33. The number of para-hydroxylation sites is 1. The van der Waals surface area contributed by atoms with Crippen molar-refractivity contribution in [3.8, 4) is 0 Å². The molecule has 0 aliphatic rings. The van der Waals surface area contributed by atoms with Crippen LogP contribution >= 0.6 is 22.9 Å². The molecule has 1 atom stereocenters. The van der Waals surface area contributed by atoms with Crippen molar-refractivity contribution in [1.82, 2.24) is 4.98 Å². The number of aryl methyl sites for hydroxylation is 1. The van der Waals surface area contributed by atoms with Gasteiger partial charge in [0.15, 0.2) is 5.58 Å². The van der Waals surface area contributed by atoms with Gasteiger partial charge in [0.1, 0.15) is 11.9 Å². The minimum absolute atomic E-state index is 0.488. The van der Waals surface area contributed by atoms with Crippen molar-refractivity contribution in [3.63, 3.8) is 0 Å². The van der Waals surface area contributed by atoms with E-state index >= 15 is 0 Å². The Bertz CT molecular complexity index is 704. The summed E-state index contributed by atoms with van der Waals surface area (Å²) in [6.45, 7) is 1.90. The first-order valence-electron chi connectivity index (χ1n) is 5.43. The highest BCUT2D eigenvalue weighted by Gasteiger charge is 2.18. The summed E-state index contributed by atoms with van der Waals surface area (Å²) in [4.78, 5) is 4.89. The van der Waals surface area contributed by atoms with Crippen molar-refractivity contribution >= 4 is 33.9 Å². The minimum Gasteiger partial charge on any atom is -0.456 e. The van der Waals surface area contributed by atoms with Crippen LogP contribution in [0, 0.1) is 6.92 Å². The Kier molecular flexibility index (Phi) is 2.86. The number of hydrogen-bond acceptors (Lipinski definition) is 4. The van der Waals surface area contributed by atoms with Crippen molar-refractivity contribution in [2.24, 2.45) is 0 Å². The molecule has 0 spiro atoms. The van der Waals surface area contributed by atoms with Gasteiger partial charge in [0.2, 0.25) is 0 Å². The molecule has 0 fully saturated rings. The number of aromatic nitrogens is 1. The molecule has 0 amide bonds. The van der Waals surface area contributed by atoms with E-state index in [4.69, 9.17) is 16.0 Å². The molecular weight excluding hydrogens is 270 g/mol. The van der Waals surface area contributed by atoms with Crippen molar-refractivity contribution < 1.29 is 9.52 Å². The van der Waals surface area contributed by atoms with E-state index in [1.165, 1.54) is 11.3 Å². The van der Waals surface area contributed by atoms with Crippen LogP contribution in [-0.2, 0) is 0 Å². The highest BCUT2D eigenvalue weighted by atomic mass is 35.5. The zero-order valence-electron chi connectivity index (χ0n) is 9.55. The predicted molar refractivity (Wildman–Crippen MR) is 72.1 cm³/mol. The first-order chi connectivity index (χ1) is 8.65. The van der Waals surface area contributed by atoms with E-state index in [0.29, 0.717) is 16.4 Å². The number of benzene rings is 1. The molecule has 0 saturated carbocycles. The number of rotatable bonds is 2. The molecular formula is C13H10ClNO2S. The molecule has 2 heterocycles. The summed E-state index contributed by atoms with van der Waals surface area (Å²) < 4.78 is 5.62. The zero-order valence-corrected chi connectivity index (χ0v) is 11.1. The monoisotopic (exact) mass is 279 g/mol. The smallest absolute Gasteiger partial charge is 0.153 e. The van der Waals surface area contributed by atoms with Crippen LogP contribution in [-0.4, -0.2) is 10.1 Å². The highest BCUT2D eigenvalue weighted by Crippen LogP contribution is 2.33.